The Kier molecular flexibility index (Phi) is 8.46. The third kappa shape index (κ3) is 5.87. The van der Waals surface area contributed by atoms with Crippen LogP contribution in [0.1, 0.15) is 62.5 Å². The molecule has 1 nitrogen and oxygen atoms in total. The van der Waals surface area contributed by atoms with Crippen molar-refractivity contribution in [2.75, 3.05) is 6.61 Å². The number of rotatable bonds is 9. The van der Waals surface area contributed by atoms with Crippen molar-refractivity contribution in [3.63, 3.8) is 0 Å². The van der Waals surface area contributed by atoms with E-state index in [1.807, 2.05) is 19.1 Å². The number of hydrogen-bond donors (Lipinski definition) is 0. The summed E-state index contributed by atoms with van der Waals surface area (Å²) in [5.41, 5.74) is 3.32. The molecule has 4 rings (SSSR count). The van der Waals surface area contributed by atoms with Gasteiger partial charge in [-0.15, -0.1) is 6.58 Å². The van der Waals surface area contributed by atoms with Crippen molar-refractivity contribution >= 4 is 0 Å². The zero-order valence-electron chi connectivity index (χ0n) is 20.3. The molecule has 0 bridgehead atoms. The zero-order chi connectivity index (χ0) is 24.8. The van der Waals surface area contributed by atoms with Gasteiger partial charge in [0.1, 0.15) is 5.82 Å². The van der Waals surface area contributed by atoms with Gasteiger partial charge in [-0.05, 0) is 66.8 Å². The van der Waals surface area contributed by atoms with Gasteiger partial charge in [0.25, 0.3) is 0 Å². The van der Waals surface area contributed by atoms with E-state index < -0.39 is 11.6 Å². The van der Waals surface area contributed by atoms with Crippen LogP contribution in [0.2, 0.25) is 0 Å². The molecule has 184 valence electrons. The maximum absolute atomic E-state index is 15.1. The lowest BCUT2D eigenvalue weighted by molar-refractivity contribution is -0.000212. The molecule has 0 radical (unpaired) electrons. The lowest BCUT2D eigenvalue weighted by Gasteiger charge is -2.29. The largest absolute Gasteiger partial charge is 0.378 e. The normalized spacial score (nSPS) is 17.9. The third-order valence-electron chi connectivity index (χ3n) is 7.00. The van der Waals surface area contributed by atoms with E-state index >= 15 is 4.39 Å². The van der Waals surface area contributed by atoms with Crippen LogP contribution in [0.15, 0.2) is 67.3 Å². The highest BCUT2D eigenvalue weighted by Crippen LogP contribution is 2.34. The van der Waals surface area contributed by atoms with Crippen molar-refractivity contribution in [3.8, 4) is 22.3 Å². The number of aryl methyl sites for hydroxylation is 1. The van der Waals surface area contributed by atoms with Crippen LogP contribution in [0.5, 0.6) is 0 Å². The van der Waals surface area contributed by atoms with Gasteiger partial charge in [-0.1, -0.05) is 68.0 Å². The van der Waals surface area contributed by atoms with Crippen LogP contribution in [0, 0.1) is 17.5 Å². The fraction of sp³-hybridized carbons (Fsp3) is 0.355. The minimum absolute atomic E-state index is 0.194. The Morgan fingerprint density at radius 2 is 1.63 bits per heavy atom. The molecule has 0 saturated carbocycles. The second kappa shape index (κ2) is 11.7. The Labute approximate surface area is 206 Å². The number of ether oxygens (including phenoxy) is 1. The molecule has 0 aromatic heterocycles. The molecule has 1 heterocycles. The van der Waals surface area contributed by atoms with E-state index in [4.69, 9.17) is 4.74 Å². The van der Waals surface area contributed by atoms with Gasteiger partial charge in [0, 0.05) is 17.0 Å². The molecule has 0 N–H and O–H groups in total. The lowest BCUT2D eigenvalue weighted by atomic mass is 9.89. The van der Waals surface area contributed by atoms with Gasteiger partial charge >= 0.3 is 0 Å². The topological polar surface area (TPSA) is 9.23 Å². The van der Waals surface area contributed by atoms with Crippen LogP contribution in [-0.4, -0.2) is 12.7 Å². The summed E-state index contributed by atoms with van der Waals surface area (Å²) in [6, 6.07) is 15.6. The second-order valence-electron chi connectivity index (χ2n) is 9.42. The summed E-state index contributed by atoms with van der Waals surface area (Å²) in [5, 5.41) is 0. The maximum Gasteiger partial charge on any atom is 0.166 e. The van der Waals surface area contributed by atoms with Gasteiger partial charge in [-0.25, -0.2) is 13.2 Å². The molecule has 1 aliphatic heterocycles. The van der Waals surface area contributed by atoms with Gasteiger partial charge < -0.3 is 4.74 Å². The van der Waals surface area contributed by atoms with Gasteiger partial charge in [-0.2, -0.15) is 0 Å². The summed E-state index contributed by atoms with van der Waals surface area (Å²) >= 11 is 0. The number of allylic oxidation sites excluding steroid dienone is 1. The molecule has 1 aliphatic rings. The highest BCUT2D eigenvalue weighted by molar-refractivity contribution is 5.71. The van der Waals surface area contributed by atoms with Gasteiger partial charge in [0.05, 0.1) is 12.7 Å². The molecule has 0 spiro atoms. The average molecular weight is 479 g/mol. The van der Waals surface area contributed by atoms with Crippen LogP contribution in [-0.2, 0) is 11.2 Å². The van der Waals surface area contributed by atoms with Crippen LogP contribution >= 0.6 is 0 Å². The number of unbranched alkanes of at least 4 members (excludes halogenated alkanes) is 1. The van der Waals surface area contributed by atoms with Crippen molar-refractivity contribution < 1.29 is 17.9 Å². The predicted octanol–water partition coefficient (Wildman–Crippen LogP) is 9.01. The second-order valence-corrected chi connectivity index (χ2v) is 9.42. The lowest BCUT2D eigenvalue weighted by Crippen LogP contribution is -2.24. The van der Waals surface area contributed by atoms with Crippen LogP contribution in [0.3, 0.4) is 0 Å². The van der Waals surface area contributed by atoms with E-state index in [1.54, 1.807) is 48.5 Å². The van der Waals surface area contributed by atoms with Crippen molar-refractivity contribution in [1.82, 2.24) is 0 Å². The van der Waals surface area contributed by atoms with E-state index in [-0.39, 0.29) is 23.4 Å². The van der Waals surface area contributed by atoms with E-state index in [0.29, 0.717) is 35.3 Å². The Bertz CT molecular complexity index is 1140. The van der Waals surface area contributed by atoms with Crippen LogP contribution in [0.25, 0.3) is 22.3 Å². The molecule has 2 atom stereocenters. The standard InChI is InChI=1S/C31H33F3O/c1-3-5-7-23-14-18-28(31(34)30(23)33)22-11-9-21(10-12-22)27-17-15-24(19-29(27)32)25-13-16-26(35-20-25)8-6-4-2/h4,9-12,14-15,17-19,25-26H,2-3,5-8,13,16,20H2,1H3. The van der Waals surface area contributed by atoms with E-state index in [9.17, 15) is 8.78 Å². The van der Waals surface area contributed by atoms with E-state index in [2.05, 4.69) is 6.58 Å². The van der Waals surface area contributed by atoms with Crippen molar-refractivity contribution in [2.24, 2.45) is 0 Å². The molecule has 35 heavy (non-hydrogen) atoms. The summed E-state index contributed by atoms with van der Waals surface area (Å²) in [7, 11) is 0. The molecule has 3 aromatic carbocycles. The monoisotopic (exact) mass is 478 g/mol. The first kappa shape index (κ1) is 25.2. The first-order valence-electron chi connectivity index (χ1n) is 12.6. The fourth-order valence-electron chi connectivity index (χ4n) is 4.82. The predicted molar refractivity (Wildman–Crippen MR) is 137 cm³/mol. The summed E-state index contributed by atoms with van der Waals surface area (Å²) < 4.78 is 50.3. The minimum atomic E-state index is -0.830. The number of hydrogen-bond acceptors (Lipinski definition) is 1. The Morgan fingerprint density at radius 1 is 0.914 bits per heavy atom. The zero-order valence-corrected chi connectivity index (χ0v) is 20.3. The first-order valence-corrected chi connectivity index (χ1v) is 12.6. The molecular weight excluding hydrogens is 445 g/mol. The fourth-order valence-corrected chi connectivity index (χ4v) is 4.82. The SMILES string of the molecule is C=CCCC1CCC(c2ccc(-c3ccc(-c4ccc(CCCC)c(F)c4F)cc3)c(F)c2)CO1. The smallest absolute Gasteiger partial charge is 0.166 e. The number of benzene rings is 3. The van der Waals surface area contributed by atoms with Crippen LogP contribution in [0.4, 0.5) is 13.2 Å². The Hall–Kier alpha value is -2.85. The molecule has 1 fully saturated rings. The first-order chi connectivity index (χ1) is 17.0. The van der Waals surface area contributed by atoms with Crippen molar-refractivity contribution in [1.29, 1.82) is 0 Å². The highest BCUT2D eigenvalue weighted by Gasteiger charge is 2.23. The summed E-state index contributed by atoms with van der Waals surface area (Å²) in [5.74, 6) is -1.70. The van der Waals surface area contributed by atoms with Gasteiger partial charge in [0.2, 0.25) is 0 Å². The van der Waals surface area contributed by atoms with Gasteiger partial charge in [0.15, 0.2) is 11.6 Å². The quantitative estimate of drug-likeness (QED) is 0.279. The van der Waals surface area contributed by atoms with Crippen LogP contribution < -0.4 is 0 Å². The van der Waals surface area contributed by atoms with E-state index in [0.717, 1.165) is 44.1 Å². The molecular formula is C31H33F3O. The average Bonchev–Trinajstić information content (AvgIpc) is 2.89. The molecule has 2 unspecified atom stereocenters. The highest BCUT2D eigenvalue weighted by atomic mass is 19.2. The van der Waals surface area contributed by atoms with Crippen molar-refractivity contribution in [2.45, 2.75) is 63.9 Å². The molecule has 0 aliphatic carbocycles. The van der Waals surface area contributed by atoms with Crippen molar-refractivity contribution in [3.05, 3.63) is 95.8 Å². The summed E-state index contributed by atoms with van der Waals surface area (Å²) in [4.78, 5) is 0. The Balaban J connectivity index is 1.47. The minimum Gasteiger partial charge on any atom is -0.378 e. The Morgan fingerprint density at radius 3 is 2.26 bits per heavy atom. The molecule has 0 amide bonds. The molecule has 3 aromatic rings. The molecule has 1 saturated heterocycles. The molecule has 4 heteroatoms. The number of halogens is 3. The van der Waals surface area contributed by atoms with Gasteiger partial charge in [-0.3, -0.25) is 0 Å². The maximum atomic E-state index is 15.1. The van der Waals surface area contributed by atoms with E-state index in [1.165, 1.54) is 0 Å². The summed E-state index contributed by atoms with van der Waals surface area (Å²) in [6.07, 6.45) is 8.33. The summed E-state index contributed by atoms with van der Waals surface area (Å²) in [6.45, 7) is 6.39. The third-order valence-corrected chi connectivity index (χ3v) is 7.00.